The lowest BCUT2D eigenvalue weighted by molar-refractivity contribution is -0.174. The maximum atomic E-state index is 3.87. The van der Waals surface area contributed by atoms with Crippen LogP contribution >= 0.6 is 0 Å². The number of hydrogen-bond acceptors (Lipinski definition) is 3. The molecule has 1 aromatic heterocycles. The van der Waals surface area contributed by atoms with Gasteiger partial charge in [-0.1, -0.05) is 37.3 Å². The molecule has 3 saturated carbocycles. The molecule has 33 heavy (non-hydrogen) atoms. The molecule has 3 aromatic rings. The predicted octanol–water partition coefficient (Wildman–Crippen LogP) is 5.56. The third-order valence-corrected chi connectivity index (χ3v) is 9.02. The number of likely N-dealkylation sites (tertiary alicyclic amines) is 1. The van der Waals surface area contributed by atoms with Crippen molar-refractivity contribution in [2.24, 2.45) is 5.92 Å². The SMILES string of the molecule is CCCN1CC(Nc2ccc([C@@H]3c4[nH]c5ccccc5c4C[C@@H](C)N3C34CC(C3)C4)cc2)C1. The average molecular weight is 441 g/mol. The summed E-state index contributed by atoms with van der Waals surface area (Å²) in [5.41, 5.74) is 7.41. The number of rotatable bonds is 6. The Kier molecular flexibility index (Phi) is 4.48. The summed E-state index contributed by atoms with van der Waals surface area (Å²) in [6.07, 6.45) is 6.60. The zero-order valence-corrected chi connectivity index (χ0v) is 20.0. The van der Waals surface area contributed by atoms with Gasteiger partial charge < -0.3 is 10.3 Å². The van der Waals surface area contributed by atoms with Crippen molar-refractivity contribution < 1.29 is 0 Å². The number of nitrogens with one attached hydrogen (secondary N) is 2. The lowest BCUT2D eigenvalue weighted by Crippen LogP contribution is -2.71. The van der Waals surface area contributed by atoms with Crippen LogP contribution in [-0.2, 0) is 6.42 Å². The van der Waals surface area contributed by atoms with Crippen LogP contribution in [0.1, 0.15) is 62.4 Å². The summed E-state index contributed by atoms with van der Waals surface area (Å²) in [4.78, 5) is 9.31. The molecule has 0 spiro atoms. The van der Waals surface area contributed by atoms with E-state index in [1.165, 1.54) is 73.2 Å². The number of fused-ring (bicyclic) bond motifs is 3. The second-order valence-electron chi connectivity index (χ2n) is 11.4. The minimum Gasteiger partial charge on any atom is -0.380 e. The van der Waals surface area contributed by atoms with Gasteiger partial charge in [-0.2, -0.15) is 0 Å². The average Bonchev–Trinajstić information content (AvgIpc) is 3.09. The fraction of sp³-hybridized carbons (Fsp3) is 0.517. The maximum Gasteiger partial charge on any atom is 0.0764 e. The van der Waals surface area contributed by atoms with Crippen molar-refractivity contribution in [1.82, 2.24) is 14.8 Å². The first kappa shape index (κ1) is 20.1. The van der Waals surface area contributed by atoms with Crippen molar-refractivity contribution in [3.05, 3.63) is 65.4 Å². The quantitative estimate of drug-likeness (QED) is 0.526. The van der Waals surface area contributed by atoms with Crippen LogP contribution in [0.4, 0.5) is 5.69 Å². The molecule has 0 unspecified atom stereocenters. The summed E-state index contributed by atoms with van der Waals surface area (Å²) in [7, 11) is 0. The lowest BCUT2D eigenvalue weighted by atomic mass is 9.48. The van der Waals surface area contributed by atoms with Gasteiger partial charge in [-0.25, -0.2) is 0 Å². The first-order valence-electron chi connectivity index (χ1n) is 13.1. The smallest absolute Gasteiger partial charge is 0.0764 e. The Hall–Kier alpha value is -2.30. The van der Waals surface area contributed by atoms with Crippen molar-refractivity contribution in [2.75, 3.05) is 25.0 Å². The molecule has 8 rings (SSSR count). The maximum absolute atomic E-state index is 3.87. The first-order valence-corrected chi connectivity index (χ1v) is 13.1. The molecule has 5 aliphatic rings. The molecule has 2 bridgehead atoms. The van der Waals surface area contributed by atoms with Crippen molar-refractivity contribution in [1.29, 1.82) is 0 Å². The van der Waals surface area contributed by atoms with Crippen LogP contribution in [0.5, 0.6) is 0 Å². The molecule has 0 amide bonds. The number of para-hydroxylation sites is 1. The van der Waals surface area contributed by atoms with Gasteiger partial charge in [0.15, 0.2) is 0 Å². The van der Waals surface area contributed by atoms with Crippen molar-refractivity contribution in [3.63, 3.8) is 0 Å². The highest BCUT2D eigenvalue weighted by molar-refractivity contribution is 5.85. The van der Waals surface area contributed by atoms with E-state index in [0.717, 1.165) is 12.3 Å². The Labute approximate surface area is 197 Å². The summed E-state index contributed by atoms with van der Waals surface area (Å²) in [5.74, 6) is 0.989. The largest absolute Gasteiger partial charge is 0.380 e. The van der Waals surface area contributed by atoms with Crippen LogP contribution in [0.2, 0.25) is 0 Å². The lowest BCUT2D eigenvalue weighted by Gasteiger charge is -2.70. The van der Waals surface area contributed by atoms with E-state index in [9.17, 15) is 0 Å². The van der Waals surface area contributed by atoms with Crippen LogP contribution in [0.3, 0.4) is 0 Å². The Morgan fingerprint density at radius 2 is 1.79 bits per heavy atom. The van der Waals surface area contributed by atoms with E-state index in [4.69, 9.17) is 0 Å². The van der Waals surface area contributed by atoms with E-state index in [-0.39, 0.29) is 0 Å². The fourth-order valence-corrected chi connectivity index (χ4v) is 7.44. The highest BCUT2D eigenvalue weighted by Crippen LogP contribution is 2.64. The molecule has 172 valence electrons. The van der Waals surface area contributed by atoms with E-state index in [1.807, 2.05) is 0 Å². The van der Waals surface area contributed by atoms with Gasteiger partial charge in [0.05, 0.1) is 12.1 Å². The van der Waals surface area contributed by atoms with Crippen LogP contribution in [0.15, 0.2) is 48.5 Å². The number of hydrogen-bond donors (Lipinski definition) is 2. The molecule has 1 saturated heterocycles. The minimum absolute atomic E-state index is 0.329. The number of aromatic nitrogens is 1. The molecule has 2 aliphatic heterocycles. The summed E-state index contributed by atoms with van der Waals surface area (Å²) >= 11 is 0. The molecule has 4 nitrogen and oxygen atoms in total. The van der Waals surface area contributed by atoms with Gasteiger partial charge in [0, 0.05) is 47.0 Å². The molecule has 4 fully saturated rings. The zero-order chi connectivity index (χ0) is 22.2. The minimum atomic E-state index is 0.329. The second kappa shape index (κ2) is 7.35. The van der Waals surface area contributed by atoms with E-state index in [1.54, 1.807) is 5.56 Å². The van der Waals surface area contributed by atoms with Crippen LogP contribution in [0, 0.1) is 5.92 Å². The molecule has 2 aromatic carbocycles. The van der Waals surface area contributed by atoms with Crippen LogP contribution in [0.25, 0.3) is 10.9 Å². The molecule has 3 heterocycles. The van der Waals surface area contributed by atoms with E-state index in [2.05, 4.69) is 82.5 Å². The highest BCUT2D eigenvalue weighted by atomic mass is 15.3. The fourth-order valence-electron chi connectivity index (χ4n) is 7.44. The van der Waals surface area contributed by atoms with Gasteiger partial charge in [-0.05, 0) is 80.8 Å². The van der Waals surface area contributed by atoms with Gasteiger partial charge in [0.2, 0.25) is 0 Å². The molecular formula is C29H36N4. The summed E-state index contributed by atoms with van der Waals surface area (Å²) in [5, 5.41) is 5.17. The standard InChI is InChI=1S/C29H36N4/c1-3-12-32-17-23(18-32)30-22-10-8-21(9-11-22)28-27-25(24-6-4-5-7-26(24)31-27)13-19(2)33(28)29-14-20(15-29)16-29/h4-11,19-20,23,28,30-31H,3,12-18H2,1-2H3/t19-,20?,28-,29?/m1/s1. The summed E-state index contributed by atoms with van der Waals surface area (Å²) < 4.78 is 0. The molecule has 2 atom stereocenters. The molecule has 2 N–H and O–H groups in total. The molecule has 4 heteroatoms. The van der Waals surface area contributed by atoms with Gasteiger partial charge in [0.25, 0.3) is 0 Å². The number of H-pyrrole nitrogens is 1. The van der Waals surface area contributed by atoms with Gasteiger partial charge in [-0.3, -0.25) is 9.80 Å². The summed E-state index contributed by atoms with van der Waals surface area (Å²) in [6, 6.07) is 19.8. The number of benzene rings is 2. The van der Waals surface area contributed by atoms with Crippen molar-refractivity contribution >= 4 is 16.6 Å². The molecule has 0 radical (unpaired) electrons. The van der Waals surface area contributed by atoms with Gasteiger partial charge in [0.1, 0.15) is 0 Å². The second-order valence-corrected chi connectivity index (χ2v) is 11.4. The Balaban J connectivity index is 1.22. The van der Waals surface area contributed by atoms with Crippen molar-refractivity contribution in [3.8, 4) is 0 Å². The summed E-state index contributed by atoms with van der Waals surface area (Å²) in [6.45, 7) is 8.30. The van der Waals surface area contributed by atoms with E-state index >= 15 is 0 Å². The molecule has 3 aliphatic carbocycles. The van der Waals surface area contributed by atoms with Crippen LogP contribution in [-0.4, -0.2) is 52.0 Å². The van der Waals surface area contributed by atoms with Crippen molar-refractivity contribution in [2.45, 2.75) is 69.6 Å². The van der Waals surface area contributed by atoms with E-state index in [0.29, 0.717) is 23.7 Å². The predicted molar refractivity (Wildman–Crippen MR) is 136 cm³/mol. The van der Waals surface area contributed by atoms with Gasteiger partial charge >= 0.3 is 0 Å². The number of anilines is 1. The third kappa shape index (κ3) is 3.03. The van der Waals surface area contributed by atoms with Crippen LogP contribution < -0.4 is 5.32 Å². The number of aromatic amines is 1. The molecular weight excluding hydrogens is 404 g/mol. The highest BCUT2D eigenvalue weighted by Gasteiger charge is 2.63. The normalized spacial score (nSPS) is 31.5. The zero-order valence-electron chi connectivity index (χ0n) is 20.0. The number of nitrogens with zero attached hydrogens (tertiary/aromatic N) is 2. The Morgan fingerprint density at radius 1 is 1.03 bits per heavy atom. The third-order valence-electron chi connectivity index (χ3n) is 9.02. The van der Waals surface area contributed by atoms with Gasteiger partial charge in [-0.15, -0.1) is 0 Å². The Bertz CT molecular complexity index is 1160. The van der Waals surface area contributed by atoms with E-state index < -0.39 is 0 Å². The topological polar surface area (TPSA) is 34.3 Å². The first-order chi connectivity index (χ1) is 16.1. The Morgan fingerprint density at radius 3 is 2.48 bits per heavy atom. The monoisotopic (exact) mass is 440 g/mol.